The molecule has 1 aromatic heterocycles. The summed E-state index contributed by atoms with van der Waals surface area (Å²) in [6.45, 7) is -0.196. The molecule has 0 radical (unpaired) electrons. The first-order valence-corrected chi connectivity index (χ1v) is 5.95. The number of fused-ring (bicyclic) bond motifs is 1. The van der Waals surface area contributed by atoms with Gasteiger partial charge in [0.15, 0.2) is 0 Å². The normalized spacial score (nSPS) is 15.6. The summed E-state index contributed by atoms with van der Waals surface area (Å²) in [6, 6.07) is 6.55. The number of β-amino-alcohol motifs (C(OH)–C–C–N with tert-alkyl or cyclic N) is 1. The van der Waals surface area contributed by atoms with E-state index in [1.807, 2.05) is 0 Å². The standard InChI is InChI=1S/C12H11N5O3/c1-16-14-10(13-15-16)9(18)6-17-11(19)7-4-2-3-5-8(7)12(17)20/h2-5,9,18H,6H2,1H3. The van der Waals surface area contributed by atoms with E-state index in [9.17, 15) is 14.7 Å². The minimum atomic E-state index is -1.16. The van der Waals surface area contributed by atoms with Crippen molar-refractivity contribution in [2.24, 2.45) is 7.05 Å². The zero-order valence-electron chi connectivity index (χ0n) is 10.6. The highest BCUT2D eigenvalue weighted by molar-refractivity contribution is 6.21. The molecule has 0 saturated carbocycles. The van der Waals surface area contributed by atoms with E-state index in [2.05, 4.69) is 15.4 Å². The molecule has 0 spiro atoms. The number of hydrogen-bond acceptors (Lipinski definition) is 6. The molecule has 102 valence electrons. The van der Waals surface area contributed by atoms with Gasteiger partial charge in [-0.25, -0.2) is 0 Å². The Hall–Kier alpha value is -2.61. The lowest BCUT2D eigenvalue weighted by Crippen LogP contribution is -2.34. The van der Waals surface area contributed by atoms with Crippen LogP contribution in [-0.4, -0.2) is 48.6 Å². The maximum Gasteiger partial charge on any atom is 0.261 e. The summed E-state index contributed by atoms with van der Waals surface area (Å²) in [4.78, 5) is 26.4. The van der Waals surface area contributed by atoms with E-state index in [-0.39, 0.29) is 12.4 Å². The SMILES string of the molecule is Cn1nnc(C(O)CN2C(=O)c3ccccc3C2=O)n1. The second-order valence-electron chi connectivity index (χ2n) is 4.42. The molecule has 8 heteroatoms. The van der Waals surface area contributed by atoms with Gasteiger partial charge in [0, 0.05) is 0 Å². The van der Waals surface area contributed by atoms with Crippen LogP contribution in [0.5, 0.6) is 0 Å². The average Bonchev–Trinajstić information content (AvgIpc) is 2.98. The van der Waals surface area contributed by atoms with Crippen LogP contribution < -0.4 is 0 Å². The molecule has 8 nitrogen and oxygen atoms in total. The summed E-state index contributed by atoms with van der Waals surface area (Å²) in [6.07, 6.45) is -1.16. The Kier molecular flexibility index (Phi) is 2.79. The summed E-state index contributed by atoms with van der Waals surface area (Å²) in [5.41, 5.74) is 0.689. The molecule has 1 aliphatic heterocycles. The predicted molar refractivity (Wildman–Crippen MR) is 65.6 cm³/mol. The molecule has 2 heterocycles. The van der Waals surface area contributed by atoms with Gasteiger partial charge in [-0.15, -0.1) is 10.2 Å². The Morgan fingerprint density at radius 3 is 2.30 bits per heavy atom. The van der Waals surface area contributed by atoms with Gasteiger partial charge < -0.3 is 5.11 Å². The van der Waals surface area contributed by atoms with Gasteiger partial charge >= 0.3 is 0 Å². The summed E-state index contributed by atoms with van der Waals surface area (Å²) >= 11 is 0. The number of tetrazole rings is 1. The van der Waals surface area contributed by atoms with Crippen molar-refractivity contribution in [1.29, 1.82) is 0 Å². The molecule has 0 fully saturated rings. The quantitative estimate of drug-likeness (QED) is 0.759. The van der Waals surface area contributed by atoms with E-state index in [0.29, 0.717) is 11.1 Å². The number of benzene rings is 1. The number of hydrogen-bond donors (Lipinski definition) is 1. The summed E-state index contributed by atoms with van der Waals surface area (Å²) in [7, 11) is 1.56. The van der Waals surface area contributed by atoms with Crippen LogP contribution in [0.3, 0.4) is 0 Å². The van der Waals surface area contributed by atoms with Gasteiger partial charge in [-0.2, -0.15) is 4.80 Å². The van der Waals surface area contributed by atoms with Crippen LogP contribution in [0.2, 0.25) is 0 Å². The van der Waals surface area contributed by atoms with Crippen LogP contribution in [0.1, 0.15) is 32.6 Å². The van der Waals surface area contributed by atoms with Gasteiger partial charge in [0.05, 0.1) is 24.7 Å². The third-order valence-corrected chi connectivity index (χ3v) is 3.06. The number of imide groups is 1. The molecule has 1 N–H and O–H groups in total. The average molecular weight is 273 g/mol. The van der Waals surface area contributed by atoms with Gasteiger partial charge in [0.1, 0.15) is 6.10 Å². The van der Waals surface area contributed by atoms with Gasteiger partial charge in [0.2, 0.25) is 5.82 Å². The van der Waals surface area contributed by atoms with Crippen LogP contribution >= 0.6 is 0 Å². The minimum absolute atomic E-state index is 0.0732. The Balaban J connectivity index is 1.83. The number of amides is 2. The zero-order valence-corrected chi connectivity index (χ0v) is 10.6. The second-order valence-corrected chi connectivity index (χ2v) is 4.42. The first-order valence-electron chi connectivity index (χ1n) is 5.95. The molecular weight excluding hydrogens is 262 g/mol. The highest BCUT2D eigenvalue weighted by Gasteiger charge is 2.36. The number of aryl methyl sites for hydroxylation is 1. The van der Waals surface area contributed by atoms with Crippen molar-refractivity contribution in [3.63, 3.8) is 0 Å². The lowest BCUT2D eigenvalue weighted by Gasteiger charge is -2.16. The van der Waals surface area contributed by atoms with E-state index in [0.717, 1.165) is 4.90 Å². The van der Waals surface area contributed by atoms with Crippen LogP contribution in [0.25, 0.3) is 0 Å². The molecule has 0 aliphatic carbocycles. The highest BCUT2D eigenvalue weighted by atomic mass is 16.3. The molecule has 2 amide bonds. The first-order chi connectivity index (χ1) is 9.58. The predicted octanol–water partition coefficient (Wildman–Crippen LogP) is -0.460. The topological polar surface area (TPSA) is 101 Å². The number of carbonyl (C=O) groups excluding carboxylic acids is 2. The molecular formula is C12H11N5O3. The molecule has 1 aromatic carbocycles. The maximum absolute atomic E-state index is 12.1. The molecule has 1 aliphatic rings. The molecule has 0 saturated heterocycles. The first kappa shape index (κ1) is 12.4. The second kappa shape index (κ2) is 4.49. The van der Waals surface area contributed by atoms with Crippen molar-refractivity contribution in [3.8, 4) is 0 Å². The Morgan fingerprint density at radius 1 is 1.20 bits per heavy atom. The lowest BCUT2D eigenvalue weighted by atomic mass is 10.1. The Morgan fingerprint density at radius 2 is 1.80 bits per heavy atom. The molecule has 1 atom stereocenters. The third kappa shape index (κ3) is 1.86. The highest BCUT2D eigenvalue weighted by Crippen LogP contribution is 2.24. The summed E-state index contributed by atoms with van der Waals surface area (Å²) in [5.74, 6) is -0.772. The van der Waals surface area contributed by atoms with Crippen molar-refractivity contribution in [2.75, 3.05) is 6.54 Å². The fourth-order valence-electron chi connectivity index (χ4n) is 2.09. The van der Waals surface area contributed by atoms with E-state index < -0.39 is 17.9 Å². The number of rotatable bonds is 3. The zero-order chi connectivity index (χ0) is 14.3. The molecule has 20 heavy (non-hydrogen) atoms. The fraction of sp³-hybridized carbons (Fsp3) is 0.250. The third-order valence-electron chi connectivity index (χ3n) is 3.06. The van der Waals surface area contributed by atoms with E-state index >= 15 is 0 Å². The molecule has 3 rings (SSSR count). The van der Waals surface area contributed by atoms with E-state index in [1.165, 1.54) is 4.80 Å². The van der Waals surface area contributed by atoms with Crippen molar-refractivity contribution in [2.45, 2.75) is 6.10 Å². The van der Waals surface area contributed by atoms with Crippen LogP contribution in [0, 0.1) is 0 Å². The lowest BCUT2D eigenvalue weighted by molar-refractivity contribution is 0.0532. The van der Waals surface area contributed by atoms with Crippen LogP contribution in [0.15, 0.2) is 24.3 Å². The van der Waals surface area contributed by atoms with Crippen molar-refractivity contribution >= 4 is 11.8 Å². The number of aliphatic hydroxyl groups is 1. The van der Waals surface area contributed by atoms with Crippen molar-refractivity contribution in [1.82, 2.24) is 25.1 Å². The van der Waals surface area contributed by atoms with E-state index in [4.69, 9.17) is 0 Å². The maximum atomic E-state index is 12.1. The smallest absolute Gasteiger partial charge is 0.261 e. The molecule has 2 aromatic rings. The van der Waals surface area contributed by atoms with Crippen molar-refractivity contribution < 1.29 is 14.7 Å². The largest absolute Gasteiger partial charge is 0.383 e. The molecule has 1 unspecified atom stereocenters. The Labute approximate surface area is 113 Å². The van der Waals surface area contributed by atoms with Crippen LogP contribution in [-0.2, 0) is 7.05 Å². The van der Waals surface area contributed by atoms with E-state index in [1.54, 1.807) is 31.3 Å². The number of nitrogens with zero attached hydrogens (tertiary/aromatic N) is 5. The van der Waals surface area contributed by atoms with Gasteiger partial charge in [-0.1, -0.05) is 12.1 Å². The number of aromatic nitrogens is 4. The molecule has 0 bridgehead atoms. The van der Waals surface area contributed by atoms with Crippen LogP contribution in [0.4, 0.5) is 0 Å². The minimum Gasteiger partial charge on any atom is -0.383 e. The number of aliphatic hydroxyl groups excluding tert-OH is 1. The van der Waals surface area contributed by atoms with Gasteiger partial charge in [-0.05, 0) is 17.3 Å². The number of carbonyl (C=O) groups is 2. The monoisotopic (exact) mass is 273 g/mol. The van der Waals surface area contributed by atoms with Gasteiger partial charge in [-0.3, -0.25) is 14.5 Å². The fourth-order valence-corrected chi connectivity index (χ4v) is 2.09. The van der Waals surface area contributed by atoms with Gasteiger partial charge in [0.25, 0.3) is 11.8 Å². The summed E-state index contributed by atoms with van der Waals surface area (Å²) in [5, 5.41) is 21.1. The van der Waals surface area contributed by atoms with Crippen molar-refractivity contribution in [3.05, 3.63) is 41.2 Å². The summed E-state index contributed by atoms with van der Waals surface area (Å²) < 4.78 is 0. The Bertz CT molecular complexity index is 661.